The lowest BCUT2D eigenvalue weighted by Crippen LogP contribution is -2.52. The Kier molecular flexibility index (Phi) is 10.4. The monoisotopic (exact) mass is 479 g/mol. The van der Waals surface area contributed by atoms with Gasteiger partial charge >= 0.3 is 6.09 Å². The molecule has 1 aliphatic heterocycles. The molecule has 0 aromatic heterocycles. The van der Waals surface area contributed by atoms with Gasteiger partial charge in [0.05, 0.1) is 0 Å². The predicted molar refractivity (Wildman–Crippen MR) is 133 cm³/mol. The van der Waals surface area contributed by atoms with Gasteiger partial charge in [0.2, 0.25) is 5.91 Å². The second kappa shape index (κ2) is 14.0. The Bertz CT molecular complexity index is 981. The molecule has 0 spiro atoms. The van der Waals surface area contributed by atoms with Crippen LogP contribution in [0.1, 0.15) is 36.8 Å². The summed E-state index contributed by atoms with van der Waals surface area (Å²) in [7, 11) is 1.63. The number of nitrogens with zero attached hydrogens (tertiary/aromatic N) is 2. The number of alkyl carbamates (subject to hydrolysis) is 1. The number of ether oxygens (including phenoxy) is 2. The van der Waals surface area contributed by atoms with E-state index in [-0.39, 0.29) is 24.8 Å². The van der Waals surface area contributed by atoms with Crippen molar-refractivity contribution in [3.05, 3.63) is 71.8 Å². The molecular weight excluding hydrogens is 446 g/mol. The SMILES string of the molecule is COCCCC=NC(=O)[C@@H]1CCCN1C(=O)[C@@H](Cc1ccccc1)NC(=O)OCc1ccccc1. The van der Waals surface area contributed by atoms with Crippen LogP contribution in [0, 0.1) is 0 Å². The largest absolute Gasteiger partial charge is 0.445 e. The third-order valence-corrected chi connectivity index (χ3v) is 5.81. The lowest BCUT2D eigenvalue weighted by atomic mass is 10.0. The molecule has 2 aromatic carbocycles. The Labute approximate surface area is 206 Å². The maximum atomic E-state index is 13.5. The molecule has 1 heterocycles. The molecule has 1 aliphatic rings. The first-order valence-corrected chi connectivity index (χ1v) is 12.0. The Balaban J connectivity index is 1.66. The van der Waals surface area contributed by atoms with E-state index in [1.807, 2.05) is 60.7 Å². The third-order valence-electron chi connectivity index (χ3n) is 5.81. The number of aliphatic imine (C=N–C) groups is 1. The Morgan fingerprint density at radius 1 is 1.09 bits per heavy atom. The van der Waals surface area contributed by atoms with Gasteiger partial charge < -0.3 is 19.7 Å². The van der Waals surface area contributed by atoms with Crippen molar-refractivity contribution in [3.63, 3.8) is 0 Å². The molecule has 8 nitrogen and oxygen atoms in total. The maximum Gasteiger partial charge on any atom is 0.408 e. The Morgan fingerprint density at radius 2 is 1.77 bits per heavy atom. The summed E-state index contributed by atoms with van der Waals surface area (Å²) in [5.74, 6) is -0.644. The van der Waals surface area contributed by atoms with Crippen molar-refractivity contribution in [2.75, 3.05) is 20.3 Å². The fourth-order valence-electron chi connectivity index (χ4n) is 4.00. The number of amides is 3. The van der Waals surface area contributed by atoms with Gasteiger partial charge in [-0.15, -0.1) is 0 Å². The molecule has 3 amide bonds. The molecular formula is C27H33N3O5. The van der Waals surface area contributed by atoms with Crippen LogP contribution in [-0.2, 0) is 32.1 Å². The van der Waals surface area contributed by atoms with E-state index < -0.39 is 18.2 Å². The number of nitrogens with one attached hydrogen (secondary N) is 1. The van der Waals surface area contributed by atoms with E-state index in [0.29, 0.717) is 32.4 Å². The second-order valence-corrected chi connectivity index (χ2v) is 8.42. The second-order valence-electron chi connectivity index (χ2n) is 8.42. The summed E-state index contributed by atoms with van der Waals surface area (Å²) < 4.78 is 10.3. The molecule has 1 fully saturated rings. The van der Waals surface area contributed by atoms with Crippen molar-refractivity contribution in [2.24, 2.45) is 4.99 Å². The van der Waals surface area contributed by atoms with Crippen LogP contribution in [0.4, 0.5) is 4.79 Å². The van der Waals surface area contributed by atoms with Gasteiger partial charge in [0.1, 0.15) is 18.7 Å². The molecule has 0 unspecified atom stereocenters. The summed E-state index contributed by atoms with van der Waals surface area (Å²) in [4.78, 5) is 44.4. The number of carbonyl (C=O) groups is 3. The molecule has 35 heavy (non-hydrogen) atoms. The number of likely N-dealkylation sites (tertiary alicyclic amines) is 1. The number of carbonyl (C=O) groups excluding carboxylic acids is 3. The lowest BCUT2D eigenvalue weighted by molar-refractivity contribution is -0.138. The van der Waals surface area contributed by atoms with Gasteiger partial charge in [-0.05, 0) is 36.8 Å². The standard InChI is InChI=1S/C27H33N3O5/c1-34-18-9-8-16-28-25(31)24-15-10-17-30(24)26(32)23(19-21-11-4-2-5-12-21)29-27(33)35-20-22-13-6-3-7-14-22/h2-7,11-14,16,23-24H,8-10,15,17-20H2,1H3,(H,29,33)/t23-,24+/m1/s1. The zero-order valence-corrected chi connectivity index (χ0v) is 20.1. The number of unbranched alkanes of at least 4 members (excludes halogenated alkanes) is 1. The van der Waals surface area contributed by atoms with Crippen LogP contribution in [0.2, 0.25) is 0 Å². The van der Waals surface area contributed by atoms with Crippen LogP contribution in [0.5, 0.6) is 0 Å². The van der Waals surface area contributed by atoms with Gasteiger partial charge in [0.25, 0.3) is 5.91 Å². The van der Waals surface area contributed by atoms with E-state index in [2.05, 4.69) is 10.3 Å². The zero-order chi connectivity index (χ0) is 24.9. The lowest BCUT2D eigenvalue weighted by Gasteiger charge is -2.27. The van der Waals surface area contributed by atoms with Crippen LogP contribution in [-0.4, -0.2) is 61.4 Å². The maximum absolute atomic E-state index is 13.5. The smallest absolute Gasteiger partial charge is 0.408 e. The normalized spacial score (nSPS) is 16.3. The number of hydrogen-bond acceptors (Lipinski definition) is 5. The highest BCUT2D eigenvalue weighted by atomic mass is 16.5. The van der Waals surface area contributed by atoms with Crippen LogP contribution in [0.3, 0.4) is 0 Å². The van der Waals surface area contributed by atoms with Crippen molar-refractivity contribution < 1.29 is 23.9 Å². The van der Waals surface area contributed by atoms with Crippen molar-refractivity contribution in [1.82, 2.24) is 10.2 Å². The summed E-state index contributed by atoms with van der Waals surface area (Å²) in [6.45, 7) is 1.14. The highest BCUT2D eigenvalue weighted by Gasteiger charge is 2.37. The average Bonchev–Trinajstić information content (AvgIpc) is 3.38. The first-order valence-electron chi connectivity index (χ1n) is 12.0. The quantitative estimate of drug-likeness (QED) is 0.393. The number of methoxy groups -OCH3 is 1. The van der Waals surface area contributed by atoms with Crippen LogP contribution >= 0.6 is 0 Å². The van der Waals surface area contributed by atoms with Crippen molar-refractivity contribution in [2.45, 2.75) is 50.8 Å². The number of rotatable bonds is 11. The van der Waals surface area contributed by atoms with E-state index in [4.69, 9.17) is 9.47 Å². The summed E-state index contributed by atoms with van der Waals surface area (Å²) in [5.41, 5.74) is 1.74. The van der Waals surface area contributed by atoms with E-state index in [1.165, 1.54) is 0 Å². The molecule has 186 valence electrons. The molecule has 0 saturated carbocycles. The van der Waals surface area contributed by atoms with Gasteiger partial charge in [-0.25, -0.2) is 9.79 Å². The average molecular weight is 480 g/mol. The number of hydrogen-bond donors (Lipinski definition) is 1. The van der Waals surface area contributed by atoms with E-state index in [1.54, 1.807) is 18.2 Å². The van der Waals surface area contributed by atoms with E-state index in [0.717, 1.165) is 17.5 Å². The van der Waals surface area contributed by atoms with Crippen LogP contribution in [0.15, 0.2) is 65.7 Å². The van der Waals surface area contributed by atoms with Crippen molar-refractivity contribution >= 4 is 24.1 Å². The fraction of sp³-hybridized carbons (Fsp3) is 0.407. The molecule has 2 atom stereocenters. The molecule has 0 radical (unpaired) electrons. The third kappa shape index (κ3) is 8.33. The number of benzene rings is 2. The molecule has 2 aromatic rings. The van der Waals surface area contributed by atoms with Crippen molar-refractivity contribution in [1.29, 1.82) is 0 Å². The molecule has 1 N–H and O–H groups in total. The van der Waals surface area contributed by atoms with E-state index >= 15 is 0 Å². The predicted octanol–water partition coefficient (Wildman–Crippen LogP) is 3.54. The van der Waals surface area contributed by atoms with Crippen LogP contribution in [0.25, 0.3) is 0 Å². The molecule has 0 aliphatic carbocycles. The van der Waals surface area contributed by atoms with Crippen LogP contribution < -0.4 is 5.32 Å². The molecule has 0 bridgehead atoms. The fourth-order valence-corrected chi connectivity index (χ4v) is 4.00. The van der Waals surface area contributed by atoms with Gasteiger partial charge in [0, 0.05) is 32.9 Å². The van der Waals surface area contributed by atoms with E-state index in [9.17, 15) is 14.4 Å². The molecule has 3 rings (SSSR count). The van der Waals surface area contributed by atoms with Gasteiger partial charge in [-0.1, -0.05) is 60.7 Å². The van der Waals surface area contributed by atoms with Gasteiger partial charge in [0.15, 0.2) is 0 Å². The van der Waals surface area contributed by atoms with Gasteiger partial charge in [-0.2, -0.15) is 0 Å². The zero-order valence-electron chi connectivity index (χ0n) is 20.1. The Hall–Kier alpha value is -3.52. The highest BCUT2D eigenvalue weighted by molar-refractivity contribution is 5.94. The Morgan fingerprint density at radius 3 is 2.46 bits per heavy atom. The summed E-state index contributed by atoms with van der Waals surface area (Å²) >= 11 is 0. The minimum absolute atomic E-state index is 0.0987. The first-order chi connectivity index (χ1) is 17.1. The van der Waals surface area contributed by atoms with Crippen molar-refractivity contribution in [3.8, 4) is 0 Å². The van der Waals surface area contributed by atoms with Gasteiger partial charge in [-0.3, -0.25) is 9.59 Å². The molecule has 8 heteroatoms. The first kappa shape index (κ1) is 26.1. The summed E-state index contributed by atoms with van der Waals surface area (Å²) in [6.07, 6.45) is 3.86. The topological polar surface area (TPSA) is 97.3 Å². The highest BCUT2D eigenvalue weighted by Crippen LogP contribution is 2.21. The summed E-state index contributed by atoms with van der Waals surface area (Å²) in [6, 6.07) is 17.3. The summed E-state index contributed by atoms with van der Waals surface area (Å²) in [5, 5.41) is 2.72. The minimum atomic E-state index is -0.861. The molecule has 1 saturated heterocycles. The minimum Gasteiger partial charge on any atom is -0.445 e.